The van der Waals surface area contributed by atoms with Crippen LogP contribution in [-0.4, -0.2) is 76.6 Å². The molecule has 0 spiro atoms. The van der Waals surface area contributed by atoms with Crippen LogP contribution >= 0.6 is 0 Å². The number of nitrogens with one attached hydrogen (secondary N) is 2. The van der Waals surface area contributed by atoms with E-state index < -0.39 is 12.1 Å². The van der Waals surface area contributed by atoms with Gasteiger partial charge in [0.05, 0.1) is 36.1 Å². The molecule has 2 heterocycles. The Morgan fingerprint density at radius 3 is 2.49 bits per heavy atom. The molecule has 1 aliphatic rings. The first kappa shape index (κ1) is 29.5. The second kappa shape index (κ2) is 12.9. The third-order valence-corrected chi connectivity index (χ3v) is 7.71. The van der Waals surface area contributed by atoms with Crippen molar-refractivity contribution in [3.05, 3.63) is 96.3 Å². The normalized spacial score (nSPS) is 17.2. The van der Waals surface area contributed by atoms with E-state index in [1.165, 1.54) is 12.4 Å². The minimum absolute atomic E-state index is 0.194. The molecule has 0 aliphatic carbocycles. The molecule has 0 saturated heterocycles. The van der Waals surface area contributed by atoms with Gasteiger partial charge in [0.25, 0.3) is 11.8 Å². The molecule has 4 aromatic rings. The molecule has 10 heteroatoms. The van der Waals surface area contributed by atoms with Crippen molar-refractivity contribution in [3.63, 3.8) is 0 Å². The highest BCUT2D eigenvalue weighted by Crippen LogP contribution is 2.35. The van der Waals surface area contributed by atoms with Crippen LogP contribution < -0.4 is 15.4 Å². The summed E-state index contributed by atoms with van der Waals surface area (Å²) in [5.41, 5.74) is 1.68. The van der Waals surface area contributed by atoms with E-state index >= 15 is 0 Å². The van der Waals surface area contributed by atoms with Gasteiger partial charge in [0.15, 0.2) is 5.75 Å². The molecule has 4 amide bonds. The van der Waals surface area contributed by atoms with Gasteiger partial charge in [-0.15, -0.1) is 0 Å². The van der Waals surface area contributed by atoms with E-state index in [2.05, 4.69) is 15.6 Å². The Balaban J connectivity index is 1.44. The van der Waals surface area contributed by atoms with Crippen LogP contribution in [0.4, 0.5) is 16.2 Å². The number of hydrogen-bond donors (Lipinski definition) is 3. The predicted octanol–water partition coefficient (Wildman–Crippen LogP) is 4.87. The lowest BCUT2D eigenvalue weighted by atomic mass is 9.99. The number of para-hydroxylation sites is 1. The highest BCUT2D eigenvalue weighted by molar-refractivity contribution is 6.07. The second-order valence-corrected chi connectivity index (χ2v) is 10.8. The molecule has 0 unspecified atom stereocenters. The number of likely N-dealkylation sites (N-methyl/N-ethyl adjacent to an activating group) is 1. The zero-order valence-electron chi connectivity index (χ0n) is 24.4. The average molecular weight is 582 g/mol. The number of rotatable bonds is 7. The van der Waals surface area contributed by atoms with Gasteiger partial charge in [-0.2, -0.15) is 0 Å². The maximum atomic E-state index is 13.7. The number of benzene rings is 3. The molecular weight excluding hydrogens is 546 g/mol. The van der Waals surface area contributed by atoms with E-state index in [-0.39, 0.29) is 48.2 Å². The van der Waals surface area contributed by atoms with Gasteiger partial charge in [0.1, 0.15) is 6.10 Å². The molecule has 3 N–H and O–H groups in total. The first-order valence-corrected chi connectivity index (χ1v) is 14.2. The molecular formula is C33H35N5O5. The maximum absolute atomic E-state index is 13.7. The van der Waals surface area contributed by atoms with Gasteiger partial charge in [-0.05, 0) is 42.6 Å². The summed E-state index contributed by atoms with van der Waals surface area (Å²) in [6.45, 7) is 4.00. The predicted molar refractivity (Wildman–Crippen MR) is 165 cm³/mol. The molecule has 5 rings (SSSR count). The van der Waals surface area contributed by atoms with Crippen molar-refractivity contribution in [3.8, 4) is 5.75 Å². The highest BCUT2D eigenvalue weighted by Gasteiger charge is 2.35. The van der Waals surface area contributed by atoms with Crippen molar-refractivity contribution in [1.29, 1.82) is 0 Å². The summed E-state index contributed by atoms with van der Waals surface area (Å²) >= 11 is 0. The molecule has 0 radical (unpaired) electrons. The molecule has 0 fully saturated rings. The van der Waals surface area contributed by atoms with Crippen LogP contribution in [0.2, 0.25) is 0 Å². The van der Waals surface area contributed by atoms with Crippen molar-refractivity contribution in [2.75, 3.05) is 37.4 Å². The van der Waals surface area contributed by atoms with Crippen molar-refractivity contribution >= 4 is 40.0 Å². The zero-order chi connectivity index (χ0) is 30.5. The number of fused-ring (bicyclic) bond motifs is 2. The Kier molecular flexibility index (Phi) is 8.87. The number of pyridine rings is 1. The number of aliphatic hydroxyl groups excluding tert-OH is 1. The van der Waals surface area contributed by atoms with Gasteiger partial charge < -0.3 is 30.3 Å². The van der Waals surface area contributed by atoms with Gasteiger partial charge in [0.2, 0.25) is 0 Å². The van der Waals surface area contributed by atoms with Crippen LogP contribution in [0.15, 0.2) is 85.2 Å². The number of carbonyl (C=O) groups excluding carboxylic acids is 3. The Morgan fingerprint density at radius 2 is 1.72 bits per heavy atom. The summed E-state index contributed by atoms with van der Waals surface area (Å²) in [6.07, 6.45) is 2.49. The second-order valence-electron chi connectivity index (χ2n) is 10.8. The number of anilines is 2. The lowest BCUT2D eigenvalue weighted by molar-refractivity contribution is 0.0372. The maximum Gasteiger partial charge on any atom is 0.321 e. The number of urea groups is 1. The Hall–Kier alpha value is -4.96. The van der Waals surface area contributed by atoms with Crippen LogP contribution in [0, 0.1) is 5.92 Å². The summed E-state index contributed by atoms with van der Waals surface area (Å²) in [5, 5.41) is 17.8. The van der Waals surface area contributed by atoms with E-state index in [9.17, 15) is 19.5 Å². The molecule has 3 atom stereocenters. The number of amides is 4. The number of aliphatic hydroxyl groups is 1. The minimum Gasteiger partial charge on any atom is -0.485 e. The van der Waals surface area contributed by atoms with Gasteiger partial charge in [-0.1, -0.05) is 49.4 Å². The average Bonchev–Trinajstić information content (AvgIpc) is 3.03. The SMILES string of the molecule is C[C@H](CO)N1C[C@H](C)[C@H](CN(C)C(=O)Nc2cccc3ccccc23)Oc2c(NC(=O)c3ccncc3)cccc2C1=O. The van der Waals surface area contributed by atoms with Gasteiger partial charge >= 0.3 is 6.03 Å². The molecule has 1 aromatic heterocycles. The van der Waals surface area contributed by atoms with Crippen LogP contribution in [0.3, 0.4) is 0 Å². The van der Waals surface area contributed by atoms with Crippen molar-refractivity contribution in [2.24, 2.45) is 5.92 Å². The Labute approximate surface area is 250 Å². The monoisotopic (exact) mass is 581 g/mol. The number of hydrogen-bond acceptors (Lipinski definition) is 6. The number of carbonyl (C=O) groups is 3. The molecule has 3 aromatic carbocycles. The standard InChI is InChI=1S/C33H35N5O5/c1-21-18-38(22(2)20-39)32(41)26-11-7-13-28(35-31(40)24-14-16-34-17-15-24)30(26)43-29(21)19-37(3)33(42)36-27-12-6-9-23-8-4-5-10-25(23)27/h4-17,21-22,29,39H,18-20H2,1-3H3,(H,35,40)(H,36,42)/t21-,22+,29-/m0/s1. The number of ether oxygens (including phenoxy) is 1. The zero-order valence-corrected chi connectivity index (χ0v) is 24.4. The highest BCUT2D eigenvalue weighted by atomic mass is 16.5. The minimum atomic E-state index is -0.553. The van der Waals surface area contributed by atoms with E-state index in [4.69, 9.17) is 4.74 Å². The fourth-order valence-corrected chi connectivity index (χ4v) is 5.16. The summed E-state index contributed by atoms with van der Waals surface area (Å²) in [7, 11) is 1.69. The summed E-state index contributed by atoms with van der Waals surface area (Å²) < 4.78 is 6.53. The van der Waals surface area contributed by atoms with E-state index in [1.807, 2.05) is 49.4 Å². The third kappa shape index (κ3) is 6.44. The van der Waals surface area contributed by atoms with Crippen molar-refractivity contribution in [1.82, 2.24) is 14.8 Å². The van der Waals surface area contributed by atoms with Gasteiger partial charge in [0, 0.05) is 42.9 Å². The molecule has 222 valence electrons. The topological polar surface area (TPSA) is 124 Å². The lowest BCUT2D eigenvalue weighted by Crippen LogP contribution is -2.50. The van der Waals surface area contributed by atoms with Gasteiger partial charge in [-0.3, -0.25) is 14.6 Å². The van der Waals surface area contributed by atoms with Crippen LogP contribution in [-0.2, 0) is 0 Å². The summed E-state index contributed by atoms with van der Waals surface area (Å²) in [4.78, 5) is 47.3. The first-order valence-electron chi connectivity index (χ1n) is 14.2. The quantitative estimate of drug-likeness (QED) is 0.286. The summed E-state index contributed by atoms with van der Waals surface area (Å²) in [5.74, 6) is -0.720. The number of aromatic nitrogens is 1. The molecule has 0 bridgehead atoms. The third-order valence-electron chi connectivity index (χ3n) is 7.71. The molecule has 0 saturated carbocycles. The smallest absolute Gasteiger partial charge is 0.321 e. The van der Waals surface area contributed by atoms with Gasteiger partial charge in [-0.25, -0.2) is 4.79 Å². The van der Waals surface area contributed by atoms with Crippen LogP contribution in [0.5, 0.6) is 5.75 Å². The fourth-order valence-electron chi connectivity index (χ4n) is 5.16. The van der Waals surface area contributed by atoms with Crippen LogP contribution in [0.25, 0.3) is 10.8 Å². The van der Waals surface area contributed by atoms with E-state index in [1.54, 1.807) is 54.1 Å². The Bertz CT molecular complexity index is 1620. The first-order chi connectivity index (χ1) is 20.8. The molecule has 43 heavy (non-hydrogen) atoms. The fraction of sp³-hybridized carbons (Fsp3) is 0.273. The van der Waals surface area contributed by atoms with Crippen LogP contribution in [0.1, 0.15) is 34.6 Å². The molecule has 1 aliphatic heterocycles. The largest absolute Gasteiger partial charge is 0.485 e. The van der Waals surface area contributed by atoms with Crippen molar-refractivity contribution < 1.29 is 24.2 Å². The lowest BCUT2D eigenvalue weighted by Gasteiger charge is -2.38. The number of nitrogens with zero attached hydrogens (tertiary/aromatic N) is 3. The Morgan fingerprint density at radius 1 is 1.02 bits per heavy atom. The molecule has 10 nitrogen and oxygen atoms in total. The summed E-state index contributed by atoms with van der Waals surface area (Å²) in [6, 6.07) is 21.0. The van der Waals surface area contributed by atoms with E-state index in [0.717, 1.165) is 10.8 Å². The van der Waals surface area contributed by atoms with E-state index in [0.29, 0.717) is 23.5 Å². The van der Waals surface area contributed by atoms with Crippen molar-refractivity contribution in [2.45, 2.75) is 26.0 Å².